The van der Waals surface area contributed by atoms with Gasteiger partial charge >= 0.3 is 10.9 Å². The molecule has 1 aliphatic heterocycles. The molecule has 0 bridgehead atoms. The van der Waals surface area contributed by atoms with E-state index < -0.39 is 75.1 Å². The van der Waals surface area contributed by atoms with E-state index in [9.17, 15) is 43.6 Å². The number of hydrogen-bond donors (Lipinski definition) is 5. The fourth-order valence-electron chi connectivity index (χ4n) is 5.39. The van der Waals surface area contributed by atoms with Crippen LogP contribution in [0.2, 0.25) is 0 Å². The van der Waals surface area contributed by atoms with E-state index in [0.29, 0.717) is 11.3 Å². The van der Waals surface area contributed by atoms with Gasteiger partial charge in [0.25, 0.3) is 15.7 Å². The lowest BCUT2D eigenvalue weighted by Gasteiger charge is -2.39. The Kier molecular flexibility index (Phi) is 10.4. The zero-order valence-electron chi connectivity index (χ0n) is 27.6. The summed E-state index contributed by atoms with van der Waals surface area (Å²) in [7, 11) is -1.75. The Labute approximate surface area is 298 Å². The molecule has 5 aromatic rings. The first-order valence-corrected chi connectivity index (χ1v) is 17.0. The number of amides is 1. The molecule has 1 saturated heterocycles. The van der Waals surface area contributed by atoms with E-state index in [-0.39, 0.29) is 44.6 Å². The maximum Gasteiger partial charge on any atom is 0.415 e. The molecule has 0 radical (unpaired) electrons. The Hall–Kier alpha value is -5.93. The summed E-state index contributed by atoms with van der Waals surface area (Å²) in [6, 6.07) is 15.9. The number of nitrogens with zero attached hydrogens (tertiary/aromatic N) is 2. The second-order valence-corrected chi connectivity index (χ2v) is 13.2. The Bertz CT molecular complexity index is 2280. The van der Waals surface area contributed by atoms with E-state index in [1.807, 2.05) is 0 Å². The fraction of sp³-hybridized carbons (Fsp3) is 0.273. The number of carbonyl (C=O) groups is 1. The van der Waals surface area contributed by atoms with E-state index in [1.165, 1.54) is 43.5 Å². The van der Waals surface area contributed by atoms with Crippen molar-refractivity contribution < 1.29 is 71.3 Å². The third-order valence-electron chi connectivity index (χ3n) is 8.06. The Morgan fingerprint density at radius 3 is 2.40 bits per heavy atom. The second kappa shape index (κ2) is 15.0. The van der Waals surface area contributed by atoms with Crippen LogP contribution < -0.4 is 34.6 Å². The van der Waals surface area contributed by atoms with E-state index in [2.05, 4.69) is 15.1 Å². The molecular formula is C33H31N3O16S. The SMILES string of the molecule is COc1ccc(-c2cc(=O)c3c(O)c(OC)c(O[C@@H]4O[C@H](C(=O)NCCOc5no[n+]([O-])c5S(=O)(=O)c5ccccc5)[C@@H](O)[C@H](O)[C@H]4O)cc3o2)cc1. The minimum absolute atomic E-state index is 0.124. The molecule has 3 aromatic carbocycles. The lowest BCUT2D eigenvalue weighted by molar-refractivity contribution is -0.832. The summed E-state index contributed by atoms with van der Waals surface area (Å²) in [5.74, 6) is -2.42. The zero-order valence-corrected chi connectivity index (χ0v) is 28.5. The summed E-state index contributed by atoms with van der Waals surface area (Å²) < 4.78 is 63.2. The molecule has 1 amide bonds. The van der Waals surface area contributed by atoms with Crippen LogP contribution in [0, 0.1) is 5.21 Å². The molecule has 0 unspecified atom stereocenters. The summed E-state index contributed by atoms with van der Waals surface area (Å²) in [5, 5.41) is 59.5. The number of rotatable bonds is 12. The number of phenols is 1. The van der Waals surface area contributed by atoms with Crippen molar-refractivity contribution in [2.75, 3.05) is 27.4 Å². The molecule has 53 heavy (non-hydrogen) atoms. The van der Waals surface area contributed by atoms with Crippen LogP contribution in [0.1, 0.15) is 0 Å². The summed E-state index contributed by atoms with van der Waals surface area (Å²) in [6.45, 7) is -0.825. The summed E-state index contributed by atoms with van der Waals surface area (Å²) in [4.78, 5) is 25.6. The van der Waals surface area contributed by atoms with Crippen molar-refractivity contribution in [1.82, 2.24) is 10.5 Å². The van der Waals surface area contributed by atoms with Gasteiger partial charge in [0.2, 0.25) is 12.0 Å². The maximum atomic E-state index is 13.1. The molecule has 0 saturated carbocycles. The fourth-order valence-corrected chi connectivity index (χ4v) is 6.69. The molecule has 0 aliphatic carbocycles. The first-order chi connectivity index (χ1) is 25.3. The van der Waals surface area contributed by atoms with Gasteiger partial charge in [-0.15, -0.1) is 0 Å². The molecule has 19 nitrogen and oxygen atoms in total. The van der Waals surface area contributed by atoms with Gasteiger partial charge in [-0.2, -0.15) is 0 Å². The molecule has 0 spiro atoms. The van der Waals surface area contributed by atoms with E-state index in [4.69, 9.17) is 28.1 Å². The molecule has 5 atom stereocenters. The van der Waals surface area contributed by atoms with Crippen LogP contribution in [0.4, 0.5) is 0 Å². The zero-order chi connectivity index (χ0) is 38.0. The number of hydrogen-bond acceptors (Lipinski definition) is 17. The molecular weight excluding hydrogens is 726 g/mol. The number of aromatic nitrogens is 2. The summed E-state index contributed by atoms with van der Waals surface area (Å²) in [6.07, 6.45) is -9.64. The number of ether oxygens (including phenoxy) is 5. The highest BCUT2D eigenvalue weighted by Gasteiger charge is 2.48. The molecule has 5 N–H and O–H groups in total. The van der Waals surface area contributed by atoms with Crippen molar-refractivity contribution in [1.29, 1.82) is 0 Å². The first-order valence-electron chi connectivity index (χ1n) is 15.5. The molecule has 2 aromatic heterocycles. The lowest BCUT2D eigenvalue weighted by Crippen LogP contribution is -2.63. The highest BCUT2D eigenvalue weighted by molar-refractivity contribution is 7.91. The van der Waals surface area contributed by atoms with Crippen molar-refractivity contribution in [3.8, 4) is 40.2 Å². The Morgan fingerprint density at radius 2 is 1.72 bits per heavy atom. The van der Waals surface area contributed by atoms with Crippen LogP contribution in [0.15, 0.2) is 90.5 Å². The highest BCUT2D eigenvalue weighted by atomic mass is 32.2. The molecule has 3 heterocycles. The quantitative estimate of drug-likeness (QED) is 0.0829. The molecule has 1 aliphatic rings. The number of sulfone groups is 1. The first kappa shape index (κ1) is 36.8. The van der Waals surface area contributed by atoms with Gasteiger partial charge in [-0.25, -0.2) is 8.42 Å². The van der Waals surface area contributed by atoms with Crippen molar-refractivity contribution in [3.63, 3.8) is 0 Å². The topological polar surface area (TPSA) is 273 Å². The van der Waals surface area contributed by atoms with Crippen LogP contribution in [0.3, 0.4) is 0 Å². The van der Waals surface area contributed by atoms with Crippen LogP contribution >= 0.6 is 0 Å². The van der Waals surface area contributed by atoms with Crippen molar-refractivity contribution in [2.24, 2.45) is 0 Å². The van der Waals surface area contributed by atoms with E-state index in [0.717, 1.165) is 7.11 Å². The number of nitrogens with one attached hydrogen (secondary N) is 1. The van der Waals surface area contributed by atoms with Gasteiger partial charge in [0.05, 0.1) is 30.8 Å². The molecule has 1 fully saturated rings. The number of aliphatic hydroxyl groups is 3. The molecule has 280 valence electrons. The summed E-state index contributed by atoms with van der Waals surface area (Å²) in [5.41, 5.74) is -0.290. The third kappa shape index (κ3) is 7.12. The number of methoxy groups -OCH3 is 2. The number of aliphatic hydroxyl groups excluding tert-OH is 3. The standard InChI is InChI=1S/C33H31N3O16S/c1-46-17-10-8-16(9-11-17)20-14-19(37)23-21(49-20)15-22(28(47-2)24(23)38)50-33-27(41)25(39)26(40)29(51-33)30(42)34-12-13-48-31-32(36(43)52-35-31)53(44,45)18-6-4-3-5-7-18/h3-11,14-15,25-27,29,33,38-41H,12-13H2,1-2H3,(H,34,42)/t25-,26-,27+,29-,33+/m0/s1. The van der Waals surface area contributed by atoms with Gasteiger partial charge in [0.1, 0.15) is 47.4 Å². The van der Waals surface area contributed by atoms with Gasteiger partial charge in [0.15, 0.2) is 23.0 Å². The number of fused-ring (bicyclic) bond motifs is 1. The van der Waals surface area contributed by atoms with Crippen LogP contribution in [-0.2, 0) is 19.4 Å². The molecule has 6 rings (SSSR count). The number of carbonyl (C=O) groups excluding carboxylic acids is 1. The monoisotopic (exact) mass is 757 g/mol. The van der Waals surface area contributed by atoms with Gasteiger partial charge in [-0.1, -0.05) is 18.2 Å². The van der Waals surface area contributed by atoms with Crippen LogP contribution in [-0.4, -0.2) is 98.0 Å². The number of phenolic OH excluding ortho intramolecular Hbond substituents is 1. The average Bonchev–Trinajstić information content (AvgIpc) is 3.54. The number of benzene rings is 3. The van der Waals surface area contributed by atoms with Crippen LogP contribution in [0.25, 0.3) is 22.3 Å². The predicted molar refractivity (Wildman–Crippen MR) is 176 cm³/mol. The maximum absolute atomic E-state index is 13.1. The minimum atomic E-state index is -4.40. The average molecular weight is 758 g/mol. The smallest absolute Gasteiger partial charge is 0.415 e. The van der Waals surface area contributed by atoms with E-state index >= 15 is 0 Å². The van der Waals surface area contributed by atoms with Gasteiger partial charge in [-0.05, 0) is 41.3 Å². The second-order valence-electron chi connectivity index (χ2n) is 11.3. The number of aromatic hydroxyl groups is 1. The minimum Gasteiger partial charge on any atom is -0.504 e. The lowest BCUT2D eigenvalue weighted by atomic mass is 9.98. The van der Waals surface area contributed by atoms with Crippen LogP contribution in [0.5, 0.6) is 28.9 Å². The predicted octanol–water partition coefficient (Wildman–Crippen LogP) is 0.0186. The van der Waals surface area contributed by atoms with Crippen molar-refractivity contribution in [3.05, 3.63) is 82.2 Å². The summed E-state index contributed by atoms with van der Waals surface area (Å²) >= 11 is 0. The highest BCUT2D eigenvalue weighted by Crippen LogP contribution is 2.43. The van der Waals surface area contributed by atoms with Crippen molar-refractivity contribution in [2.45, 2.75) is 40.6 Å². The van der Waals surface area contributed by atoms with Crippen molar-refractivity contribution >= 4 is 26.7 Å². The Balaban J connectivity index is 1.17. The molecule has 20 heteroatoms. The van der Waals surface area contributed by atoms with Gasteiger partial charge in [0, 0.05) is 17.7 Å². The van der Waals surface area contributed by atoms with Gasteiger partial charge < -0.3 is 59.1 Å². The largest absolute Gasteiger partial charge is 0.504 e. The third-order valence-corrected chi connectivity index (χ3v) is 9.78. The normalized spacial score (nSPS) is 20.1. The Morgan fingerprint density at radius 1 is 1.00 bits per heavy atom. The van der Waals surface area contributed by atoms with E-state index in [1.54, 1.807) is 30.3 Å². The van der Waals surface area contributed by atoms with Gasteiger partial charge in [-0.3, -0.25) is 14.2 Å².